The minimum atomic E-state index is -0.387. The Morgan fingerprint density at radius 1 is 1.39 bits per heavy atom. The Balaban J connectivity index is 2.27. The first-order valence-electron chi connectivity index (χ1n) is 5.94. The largest absolute Gasteiger partial charge is 0.380 e. The van der Waals surface area contributed by atoms with Crippen molar-refractivity contribution >= 4 is 11.9 Å². The zero-order chi connectivity index (χ0) is 13.0. The lowest BCUT2D eigenvalue weighted by Crippen LogP contribution is -2.25. The van der Waals surface area contributed by atoms with Crippen molar-refractivity contribution in [2.45, 2.75) is 19.6 Å². The van der Waals surface area contributed by atoms with E-state index in [4.69, 9.17) is 4.74 Å². The van der Waals surface area contributed by atoms with Crippen LogP contribution in [0.2, 0.25) is 0 Å². The van der Waals surface area contributed by atoms with Gasteiger partial charge in [0.2, 0.25) is 0 Å². The second-order valence-corrected chi connectivity index (χ2v) is 4.02. The minimum absolute atomic E-state index is 0.0780. The van der Waals surface area contributed by atoms with E-state index in [-0.39, 0.29) is 11.9 Å². The summed E-state index contributed by atoms with van der Waals surface area (Å²) in [7, 11) is 1.64. The molecule has 0 saturated carbocycles. The fraction of sp³-hybridized carbons (Fsp3) is 0.385. The average molecular weight is 247 g/mol. The summed E-state index contributed by atoms with van der Waals surface area (Å²) in [5.41, 5.74) is 1.93. The van der Waals surface area contributed by atoms with Crippen LogP contribution in [-0.2, 0) is 16.1 Å². The molecule has 1 fully saturated rings. The van der Waals surface area contributed by atoms with Crippen LogP contribution >= 0.6 is 0 Å². The molecule has 1 aromatic rings. The molecule has 0 aliphatic carbocycles. The van der Waals surface area contributed by atoms with Crippen LogP contribution in [0.15, 0.2) is 29.3 Å². The third-order valence-electron chi connectivity index (χ3n) is 2.77. The van der Waals surface area contributed by atoms with Crippen LogP contribution in [0.25, 0.3) is 0 Å². The van der Waals surface area contributed by atoms with Gasteiger partial charge in [0.1, 0.15) is 6.04 Å². The Hall–Kier alpha value is -1.88. The van der Waals surface area contributed by atoms with Gasteiger partial charge in [-0.05, 0) is 18.1 Å². The van der Waals surface area contributed by atoms with Gasteiger partial charge in [-0.3, -0.25) is 15.1 Å². The van der Waals surface area contributed by atoms with Crippen molar-refractivity contribution in [3.63, 3.8) is 0 Å². The van der Waals surface area contributed by atoms with Crippen molar-refractivity contribution in [2.24, 2.45) is 4.99 Å². The van der Waals surface area contributed by atoms with Gasteiger partial charge in [-0.15, -0.1) is 0 Å². The predicted octanol–water partition coefficient (Wildman–Crippen LogP) is 0.969. The number of carbonyl (C=O) groups is 1. The second kappa shape index (κ2) is 5.64. The number of hydrogen-bond acceptors (Lipinski definition) is 3. The Morgan fingerprint density at radius 3 is 2.89 bits per heavy atom. The number of rotatable bonds is 4. The summed E-state index contributed by atoms with van der Waals surface area (Å²) in [5.74, 6) is 0.463. The molecule has 1 amide bonds. The molecule has 5 nitrogen and oxygen atoms in total. The van der Waals surface area contributed by atoms with Gasteiger partial charge in [0.25, 0.3) is 5.91 Å². The molecule has 1 aromatic carbocycles. The van der Waals surface area contributed by atoms with E-state index in [2.05, 4.69) is 15.6 Å². The SMILES string of the molecule is CCN=C1NC(=O)C(c2ccccc2COC)N1. The highest BCUT2D eigenvalue weighted by Crippen LogP contribution is 2.21. The fourth-order valence-electron chi connectivity index (χ4n) is 1.99. The van der Waals surface area contributed by atoms with E-state index in [1.807, 2.05) is 31.2 Å². The van der Waals surface area contributed by atoms with Crippen LogP contribution < -0.4 is 10.6 Å². The van der Waals surface area contributed by atoms with E-state index >= 15 is 0 Å². The molecule has 1 aliphatic rings. The number of carbonyl (C=O) groups excluding carboxylic acids is 1. The van der Waals surface area contributed by atoms with Crippen LogP contribution in [0.3, 0.4) is 0 Å². The lowest BCUT2D eigenvalue weighted by molar-refractivity contribution is -0.120. The molecule has 0 bridgehead atoms. The zero-order valence-corrected chi connectivity index (χ0v) is 10.6. The van der Waals surface area contributed by atoms with Crippen molar-refractivity contribution < 1.29 is 9.53 Å². The zero-order valence-electron chi connectivity index (χ0n) is 10.6. The van der Waals surface area contributed by atoms with Crippen LogP contribution in [0, 0.1) is 0 Å². The fourth-order valence-corrected chi connectivity index (χ4v) is 1.99. The van der Waals surface area contributed by atoms with Crippen molar-refractivity contribution in [3.05, 3.63) is 35.4 Å². The maximum absolute atomic E-state index is 11.9. The Morgan fingerprint density at radius 2 is 2.17 bits per heavy atom. The molecule has 96 valence electrons. The second-order valence-electron chi connectivity index (χ2n) is 4.02. The molecule has 0 spiro atoms. The summed E-state index contributed by atoms with van der Waals surface area (Å²) in [6.07, 6.45) is 0. The standard InChI is InChI=1S/C13H17N3O2/c1-3-14-13-15-11(12(17)16-13)10-7-5-4-6-9(10)8-18-2/h4-7,11H,3,8H2,1-2H3,(H2,14,15,16,17). The topological polar surface area (TPSA) is 62.7 Å². The Bertz CT molecular complexity index is 471. The third kappa shape index (κ3) is 2.51. The lowest BCUT2D eigenvalue weighted by Gasteiger charge is -2.13. The molecule has 0 aromatic heterocycles. The highest BCUT2D eigenvalue weighted by molar-refractivity contribution is 6.06. The van der Waals surface area contributed by atoms with Gasteiger partial charge in [0.05, 0.1) is 6.61 Å². The number of aliphatic imine (C=N–C) groups is 1. The van der Waals surface area contributed by atoms with E-state index < -0.39 is 0 Å². The number of benzene rings is 1. The van der Waals surface area contributed by atoms with Gasteiger partial charge in [-0.25, -0.2) is 0 Å². The molecule has 1 heterocycles. The summed E-state index contributed by atoms with van der Waals surface area (Å²) in [4.78, 5) is 16.1. The van der Waals surface area contributed by atoms with Gasteiger partial charge < -0.3 is 10.1 Å². The third-order valence-corrected chi connectivity index (χ3v) is 2.77. The van der Waals surface area contributed by atoms with Gasteiger partial charge in [-0.2, -0.15) is 0 Å². The molecule has 1 unspecified atom stereocenters. The summed E-state index contributed by atoms with van der Waals surface area (Å²) < 4.78 is 5.15. The first kappa shape index (κ1) is 12.6. The minimum Gasteiger partial charge on any atom is -0.380 e. The van der Waals surface area contributed by atoms with E-state index in [0.29, 0.717) is 19.1 Å². The van der Waals surface area contributed by atoms with E-state index in [9.17, 15) is 4.79 Å². The first-order valence-corrected chi connectivity index (χ1v) is 5.94. The van der Waals surface area contributed by atoms with Gasteiger partial charge >= 0.3 is 0 Å². The van der Waals surface area contributed by atoms with Crippen LogP contribution in [0.1, 0.15) is 24.1 Å². The molecule has 5 heteroatoms. The van der Waals surface area contributed by atoms with Crippen LogP contribution in [-0.4, -0.2) is 25.5 Å². The van der Waals surface area contributed by atoms with Crippen molar-refractivity contribution in [1.29, 1.82) is 0 Å². The summed E-state index contributed by atoms with van der Waals surface area (Å²) >= 11 is 0. The average Bonchev–Trinajstić information content (AvgIpc) is 2.72. The highest BCUT2D eigenvalue weighted by atomic mass is 16.5. The van der Waals surface area contributed by atoms with Crippen molar-refractivity contribution in [3.8, 4) is 0 Å². The Kier molecular flexibility index (Phi) is 3.94. The summed E-state index contributed by atoms with van der Waals surface area (Å²) in [6, 6.07) is 7.36. The molecule has 1 saturated heterocycles. The van der Waals surface area contributed by atoms with Gasteiger partial charge in [0.15, 0.2) is 5.96 Å². The normalized spacial score (nSPS) is 20.9. The van der Waals surface area contributed by atoms with Crippen LogP contribution in [0.5, 0.6) is 0 Å². The number of nitrogens with one attached hydrogen (secondary N) is 2. The van der Waals surface area contributed by atoms with Gasteiger partial charge in [0, 0.05) is 13.7 Å². The quantitative estimate of drug-likeness (QED) is 0.833. The predicted molar refractivity (Wildman–Crippen MR) is 69.2 cm³/mol. The number of nitrogens with zero attached hydrogens (tertiary/aromatic N) is 1. The molecule has 1 atom stereocenters. The molecular weight excluding hydrogens is 230 g/mol. The molecule has 0 radical (unpaired) electrons. The van der Waals surface area contributed by atoms with Gasteiger partial charge in [-0.1, -0.05) is 24.3 Å². The molecular formula is C13H17N3O2. The monoisotopic (exact) mass is 247 g/mol. The summed E-state index contributed by atoms with van der Waals surface area (Å²) in [6.45, 7) is 3.05. The van der Waals surface area contributed by atoms with Crippen LogP contribution in [0.4, 0.5) is 0 Å². The molecule has 1 aliphatic heterocycles. The molecule has 2 N–H and O–H groups in total. The number of methoxy groups -OCH3 is 1. The van der Waals surface area contributed by atoms with E-state index in [0.717, 1.165) is 11.1 Å². The molecule has 2 rings (SSSR count). The Labute approximate surface area is 106 Å². The maximum Gasteiger partial charge on any atom is 0.253 e. The van der Waals surface area contributed by atoms with Crippen molar-refractivity contribution in [1.82, 2.24) is 10.6 Å². The number of hydrogen-bond donors (Lipinski definition) is 2. The lowest BCUT2D eigenvalue weighted by atomic mass is 10.0. The number of ether oxygens (including phenoxy) is 1. The van der Waals surface area contributed by atoms with E-state index in [1.54, 1.807) is 7.11 Å². The maximum atomic E-state index is 11.9. The number of guanidine groups is 1. The summed E-state index contributed by atoms with van der Waals surface area (Å²) in [5, 5.41) is 5.82. The first-order chi connectivity index (χ1) is 8.76. The van der Waals surface area contributed by atoms with Crippen molar-refractivity contribution in [2.75, 3.05) is 13.7 Å². The smallest absolute Gasteiger partial charge is 0.253 e. The molecule has 18 heavy (non-hydrogen) atoms. The highest BCUT2D eigenvalue weighted by Gasteiger charge is 2.30. The number of amides is 1. The van der Waals surface area contributed by atoms with E-state index in [1.165, 1.54) is 0 Å².